The Morgan fingerprint density at radius 1 is 1.54 bits per heavy atom. The molecule has 1 rings (SSSR count). The topological polar surface area (TPSA) is 43.4 Å². The maximum atomic E-state index is 10.9. The lowest BCUT2D eigenvalue weighted by atomic mass is 10.3. The van der Waals surface area contributed by atoms with Crippen molar-refractivity contribution in [2.75, 3.05) is 7.11 Å². The third-order valence-corrected chi connectivity index (χ3v) is 2.17. The molecule has 0 saturated carbocycles. The molecule has 1 heterocycles. The first-order chi connectivity index (χ1) is 6.24. The summed E-state index contributed by atoms with van der Waals surface area (Å²) in [6.07, 6.45) is 2.79. The summed E-state index contributed by atoms with van der Waals surface area (Å²) in [5.41, 5.74) is 0. The van der Waals surface area contributed by atoms with Crippen molar-refractivity contribution in [2.45, 2.75) is 0 Å². The van der Waals surface area contributed by atoms with Crippen molar-refractivity contribution >= 4 is 29.2 Å². The molecule has 0 radical (unpaired) electrons. The van der Waals surface area contributed by atoms with Crippen molar-refractivity contribution in [3.05, 3.63) is 28.5 Å². The zero-order chi connectivity index (χ0) is 9.68. The van der Waals surface area contributed by atoms with Crippen LogP contribution in [0.1, 0.15) is 4.88 Å². The number of rotatable bonds is 3. The van der Waals surface area contributed by atoms with Crippen molar-refractivity contribution in [1.82, 2.24) is 0 Å². The molecule has 0 fully saturated rings. The first-order valence-corrected chi connectivity index (χ1v) is 4.46. The molecule has 0 spiro atoms. The number of methoxy groups -OCH3 is 1. The fourth-order valence-corrected chi connectivity index (χ4v) is 1.33. The Morgan fingerprint density at radius 3 is 2.85 bits per heavy atom. The minimum Gasteiger partial charge on any atom is -0.463 e. The van der Waals surface area contributed by atoms with Crippen LogP contribution in [0.2, 0.25) is 0 Å². The highest BCUT2D eigenvalue weighted by molar-refractivity contribution is 7.10. The van der Waals surface area contributed by atoms with Gasteiger partial charge in [0, 0.05) is 4.88 Å². The van der Waals surface area contributed by atoms with Gasteiger partial charge in [-0.25, -0.2) is 4.79 Å². The summed E-state index contributed by atoms with van der Waals surface area (Å²) in [4.78, 5) is 22.5. The predicted octanol–water partition coefficient (Wildman–Crippen LogP) is 1.50. The summed E-state index contributed by atoms with van der Waals surface area (Å²) < 4.78 is 4.25. The number of ether oxygens (including phenoxy) is 1. The number of esters is 1. The first kappa shape index (κ1) is 9.67. The Labute approximate surface area is 79.6 Å². The third-order valence-electron chi connectivity index (χ3n) is 1.33. The van der Waals surface area contributed by atoms with E-state index < -0.39 is 11.8 Å². The summed E-state index contributed by atoms with van der Waals surface area (Å²) in [5.74, 6) is -1.48. The third kappa shape index (κ3) is 2.83. The van der Waals surface area contributed by atoms with E-state index in [1.54, 1.807) is 6.08 Å². The lowest BCUT2D eigenvalue weighted by molar-refractivity contribution is -0.149. The molecule has 0 aromatic carbocycles. The highest BCUT2D eigenvalue weighted by Gasteiger charge is 2.08. The number of carbonyl (C=O) groups is 2. The molecule has 13 heavy (non-hydrogen) atoms. The number of carbonyl (C=O) groups excluding carboxylic acids is 2. The second-order valence-electron chi connectivity index (χ2n) is 2.20. The number of thiophene rings is 1. The molecule has 3 nitrogen and oxygen atoms in total. The smallest absolute Gasteiger partial charge is 0.378 e. The summed E-state index contributed by atoms with van der Waals surface area (Å²) in [7, 11) is 1.18. The molecule has 0 aliphatic rings. The van der Waals surface area contributed by atoms with Crippen molar-refractivity contribution in [3.63, 3.8) is 0 Å². The van der Waals surface area contributed by atoms with Crippen LogP contribution < -0.4 is 0 Å². The van der Waals surface area contributed by atoms with Crippen LogP contribution in [-0.2, 0) is 14.3 Å². The van der Waals surface area contributed by atoms with Crippen LogP contribution in [0.25, 0.3) is 6.08 Å². The zero-order valence-corrected chi connectivity index (χ0v) is 7.84. The SMILES string of the molecule is COC(=O)C(=O)C=Cc1cccs1. The molecule has 68 valence electrons. The molecular weight excluding hydrogens is 188 g/mol. The highest BCUT2D eigenvalue weighted by atomic mass is 32.1. The molecule has 0 amide bonds. The molecule has 0 aliphatic heterocycles. The van der Waals surface area contributed by atoms with E-state index in [4.69, 9.17) is 0 Å². The van der Waals surface area contributed by atoms with Gasteiger partial charge in [-0.15, -0.1) is 11.3 Å². The van der Waals surface area contributed by atoms with Crippen molar-refractivity contribution in [3.8, 4) is 0 Å². The molecule has 1 aromatic rings. The van der Waals surface area contributed by atoms with Gasteiger partial charge in [-0.05, 0) is 23.6 Å². The van der Waals surface area contributed by atoms with Gasteiger partial charge in [0.05, 0.1) is 7.11 Å². The van der Waals surface area contributed by atoms with Gasteiger partial charge in [0.2, 0.25) is 0 Å². The summed E-state index contributed by atoms with van der Waals surface area (Å²) in [6.45, 7) is 0. The van der Waals surface area contributed by atoms with E-state index >= 15 is 0 Å². The number of hydrogen-bond acceptors (Lipinski definition) is 4. The molecule has 0 unspecified atom stereocenters. The van der Waals surface area contributed by atoms with Crippen molar-refractivity contribution < 1.29 is 14.3 Å². The quantitative estimate of drug-likeness (QED) is 0.418. The van der Waals surface area contributed by atoms with Gasteiger partial charge in [-0.2, -0.15) is 0 Å². The van der Waals surface area contributed by atoms with Gasteiger partial charge >= 0.3 is 5.97 Å². The zero-order valence-electron chi connectivity index (χ0n) is 7.02. The van der Waals surface area contributed by atoms with Crippen LogP contribution in [0.15, 0.2) is 23.6 Å². The number of ketones is 1. The Hall–Kier alpha value is -1.42. The van der Waals surface area contributed by atoms with Crippen molar-refractivity contribution in [1.29, 1.82) is 0 Å². The van der Waals surface area contributed by atoms with Crippen LogP contribution in [0.4, 0.5) is 0 Å². The van der Waals surface area contributed by atoms with E-state index in [2.05, 4.69) is 4.74 Å². The van der Waals surface area contributed by atoms with E-state index in [0.29, 0.717) is 0 Å². The Morgan fingerprint density at radius 2 is 2.31 bits per heavy atom. The van der Waals surface area contributed by atoms with E-state index in [1.807, 2.05) is 17.5 Å². The number of hydrogen-bond donors (Lipinski definition) is 0. The largest absolute Gasteiger partial charge is 0.463 e. The van der Waals surface area contributed by atoms with Gasteiger partial charge in [-0.1, -0.05) is 6.07 Å². The minimum absolute atomic E-state index is 0.643. The molecular formula is C9H8O3S. The molecule has 0 N–H and O–H groups in total. The minimum atomic E-state index is -0.840. The maximum absolute atomic E-state index is 10.9. The molecule has 0 bridgehead atoms. The van der Waals surface area contributed by atoms with Crippen LogP contribution in [0, 0.1) is 0 Å². The fraction of sp³-hybridized carbons (Fsp3) is 0.111. The van der Waals surface area contributed by atoms with Gasteiger partial charge in [-0.3, -0.25) is 4.79 Å². The average molecular weight is 196 g/mol. The summed E-state index contributed by atoms with van der Waals surface area (Å²) >= 11 is 1.49. The lowest BCUT2D eigenvalue weighted by Crippen LogP contribution is -2.11. The van der Waals surface area contributed by atoms with Gasteiger partial charge < -0.3 is 4.74 Å². The van der Waals surface area contributed by atoms with E-state index in [1.165, 1.54) is 24.5 Å². The Bertz CT molecular complexity index is 325. The van der Waals surface area contributed by atoms with Gasteiger partial charge in [0.15, 0.2) is 0 Å². The second kappa shape index (κ2) is 4.57. The Balaban J connectivity index is 2.59. The Kier molecular flexibility index (Phi) is 3.40. The van der Waals surface area contributed by atoms with Gasteiger partial charge in [0.25, 0.3) is 5.78 Å². The van der Waals surface area contributed by atoms with Crippen LogP contribution in [0.3, 0.4) is 0 Å². The maximum Gasteiger partial charge on any atom is 0.378 e. The van der Waals surface area contributed by atoms with Gasteiger partial charge in [0.1, 0.15) is 0 Å². The fourth-order valence-electron chi connectivity index (χ4n) is 0.713. The molecule has 0 atom stereocenters. The average Bonchev–Trinajstić information content (AvgIpc) is 2.65. The molecule has 0 aliphatic carbocycles. The first-order valence-electron chi connectivity index (χ1n) is 3.58. The van der Waals surface area contributed by atoms with Crippen LogP contribution in [-0.4, -0.2) is 18.9 Å². The summed E-state index contributed by atoms with van der Waals surface area (Å²) in [6, 6.07) is 3.72. The molecule has 0 saturated heterocycles. The van der Waals surface area contributed by atoms with Crippen LogP contribution in [0.5, 0.6) is 0 Å². The standard InChI is InChI=1S/C9H8O3S/c1-12-9(11)8(10)5-4-7-3-2-6-13-7/h2-6H,1H3. The lowest BCUT2D eigenvalue weighted by Gasteiger charge is -1.90. The molecule has 4 heteroatoms. The van der Waals surface area contributed by atoms with Crippen molar-refractivity contribution in [2.24, 2.45) is 0 Å². The molecule has 1 aromatic heterocycles. The normalized spacial score (nSPS) is 10.2. The summed E-state index contributed by atoms with van der Waals surface area (Å²) in [5, 5.41) is 1.89. The van der Waals surface area contributed by atoms with E-state index in [-0.39, 0.29) is 0 Å². The monoisotopic (exact) mass is 196 g/mol. The highest BCUT2D eigenvalue weighted by Crippen LogP contribution is 2.09. The predicted molar refractivity (Wildman–Crippen MR) is 50.4 cm³/mol. The van der Waals surface area contributed by atoms with E-state index in [9.17, 15) is 9.59 Å². The van der Waals surface area contributed by atoms with Crippen LogP contribution >= 0.6 is 11.3 Å². The second-order valence-corrected chi connectivity index (χ2v) is 3.18. The van der Waals surface area contributed by atoms with E-state index in [0.717, 1.165) is 4.88 Å².